The van der Waals surface area contributed by atoms with Crippen molar-refractivity contribution >= 4 is 11.9 Å². The Morgan fingerprint density at radius 3 is 2.35 bits per heavy atom. The van der Waals surface area contributed by atoms with Crippen molar-refractivity contribution in [1.29, 1.82) is 0 Å². The zero-order valence-electron chi connectivity index (χ0n) is 9.76. The van der Waals surface area contributed by atoms with Gasteiger partial charge in [0.25, 0.3) is 0 Å². The fourth-order valence-electron chi connectivity index (χ4n) is 2.44. The molecule has 5 heteroatoms. The Kier molecular flexibility index (Phi) is 3.66. The number of carboxylic acid groups (broad SMARTS) is 1. The van der Waals surface area contributed by atoms with Crippen molar-refractivity contribution in [2.45, 2.75) is 38.2 Å². The van der Waals surface area contributed by atoms with Crippen LogP contribution in [0.4, 0.5) is 0 Å². The van der Waals surface area contributed by atoms with E-state index in [4.69, 9.17) is 5.11 Å². The monoisotopic (exact) mass is 241 g/mol. The third kappa shape index (κ3) is 3.19. The highest BCUT2D eigenvalue weighted by Gasteiger charge is 2.35. The molecule has 17 heavy (non-hydrogen) atoms. The van der Waals surface area contributed by atoms with Crippen LogP contribution in [0.3, 0.4) is 0 Å². The van der Waals surface area contributed by atoms with Crippen LogP contribution in [0.2, 0.25) is 0 Å². The second-order valence-corrected chi connectivity index (χ2v) is 5.20. The van der Waals surface area contributed by atoms with Crippen LogP contribution in [-0.4, -0.2) is 34.7 Å². The number of carbonyl (C=O) groups excluding carboxylic acids is 1. The molecule has 0 saturated heterocycles. The first-order valence-corrected chi connectivity index (χ1v) is 6.26. The number of aliphatic hydroxyl groups is 1. The van der Waals surface area contributed by atoms with Crippen molar-refractivity contribution in [2.24, 2.45) is 17.8 Å². The summed E-state index contributed by atoms with van der Waals surface area (Å²) in [4.78, 5) is 22.5. The van der Waals surface area contributed by atoms with Crippen LogP contribution in [0.1, 0.15) is 32.1 Å². The fraction of sp³-hybridized carbons (Fsp3) is 0.833. The van der Waals surface area contributed by atoms with E-state index in [1.807, 2.05) is 0 Å². The maximum atomic E-state index is 11.7. The van der Waals surface area contributed by atoms with Gasteiger partial charge in [0.15, 0.2) is 0 Å². The maximum absolute atomic E-state index is 11.7. The molecule has 3 atom stereocenters. The molecule has 0 aromatic carbocycles. The van der Waals surface area contributed by atoms with E-state index in [1.165, 1.54) is 0 Å². The summed E-state index contributed by atoms with van der Waals surface area (Å²) in [7, 11) is 0. The molecule has 2 saturated carbocycles. The summed E-state index contributed by atoms with van der Waals surface area (Å²) in [6.45, 7) is 0.303. The predicted octanol–water partition coefficient (Wildman–Crippen LogP) is 0.374. The first kappa shape index (κ1) is 12.4. The van der Waals surface area contributed by atoms with E-state index in [1.54, 1.807) is 0 Å². The molecule has 1 amide bonds. The van der Waals surface area contributed by atoms with Crippen LogP contribution in [0.15, 0.2) is 0 Å². The quantitative estimate of drug-likeness (QED) is 0.649. The van der Waals surface area contributed by atoms with Gasteiger partial charge < -0.3 is 15.5 Å². The molecule has 0 spiro atoms. The average molecular weight is 241 g/mol. The van der Waals surface area contributed by atoms with E-state index >= 15 is 0 Å². The van der Waals surface area contributed by atoms with Gasteiger partial charge in [0.1, 0.15) is 0 Å². The standard InChI is InChI=1S/C12H19NO4/c14-10(7-1-2-7)6-13-11(15)8-3-4-9(5-8)12(16)17/h7-10,14H,1-6H2,(H,13,15)(H,16,17)/t8-,9+,10?/m1/s1. The SMILES string of the molecule is O=C(O)[C@H]1CC[C@@H](C(=O)NCC(O)C2CC2)C1. The van der Waals surface area contributed by atoms with Crippen molar-refractivity contribution in [1.82, 2.24) is 5.32 Å². The molecule has 2 rings (SSSR count). The van der Waals surface area contributed by atoms with Gasteiger partial charge in [-0.05, 0) is 38.0 Å². The first-order chi connectivity index (χ1) is 8.08. The minimum atomic E-state index is -0.807. The summed E-state index contributed by atoms with van der Waals surface area (Å²) in [5, 5.41) is 21.2. The number of rotatable bonds is 5. The van der Waals surface area contributed by atoms with E-state index in [2.05, 4.69) is 5.32 Å². The summed E-state index contributed by atoms with van der Waals surface area (Å²) in [5.74, 6) is -1.13. The lowest BCUT2D eigenvalue weighted by molar-refractivity contribution is -0.141. The third-order valence-electron chi connectivity index (χ3n) is 3.80. The lowest BCUT2D eigenvalue weighted by Crippen LogP contribution is -2.36. The van der Waals surface area contributed by atoms with E-state index in [-0.39, 0.29) is 17.7 Å². The summed E-state index contributed by atoms with van der Waals surface area (Å²) in [6, 6.07) is 0. The molecule has 0 aromatic heterocycles. The van der Waals surface area contributed by atoms with Gasteiger partial charge in [0.05, 0.1) is 12.0 Å². The molecule has 1 unspecified atom stereocenters. The van der Waals surface area contributed by atoms with E-state index in [0.717, 1.165) is 12.8 Å². The molecule has 0 bridgehead atoms. The molecule has 96 valence electrons. The normalized spacial score (nSPS) is 29.9. The lowest BCUT2D eigenvalue weighted by atomic mass is 10.0. The molecule has 5 nitrogen and oxygen atoms in total. The van der Waals surface area contributed by atoms with E-state index < -0.39 is 12.1 Å². The van der Waals surface area contributed by atoms with Crippen LogP contribution in [0.25, 0.3) is 0 Å². The van der Waals surface area contributed by atoms with Gasteiger partial charge in [-0.1, -0.05) is 0 Å². The second kappa shape index (κ2) is 5.04. The molecule has 2 aliphatic rings. The predicted molar refractivity (Wildman–Crippen MR) is 60.2 cm³/mol. The molecule has 0 aliphatic heterocycles. The van der Waals surface area contributed by atoms with Crippen LogP contribution < -0.4 is 5.32 Å². The molecule has 0 heterocycles. The number of amides is 1. The van der Waals surface area contributed by atoms with Crippen molar-refractivity contribution in [3.05, 3.63) is 0 Å². The minimum Gasteiger partial charge on any atom is -0.481 e. The number of aliphatic hydroxyl groups excluding tert-OH is 1. The lowest BCUT2D eigenvalue weighted by Gasteiger charge is -2.14. The van der Waals surface area contributed by atoms with Crippen LogP contribution in [0, 0.1) is 17.8 Å². The van der Waals surface area contributed by atoms with Crippen molar-refractivity contribution in [3.63, 3.8) is 0 Å². The molecule has 2 aliphatic carbocycles. The fourth-order valence-corrected chi connectivity index (χ4v) is 2.44. The van der Waals surface area contributed by atoms with Crippen molar-refractivity contribution < 1.29 is 19.8 Å². The van der Waals surface area contributed by atoms with Gasteiger partial charge >= 0.3 is 5.97 Å². The highest BCUT2D eigenvalue weighted by molar-refractivity contribution is 5.80. The molecule has 3 N–H and O–H groups in total. The summed E-state index contributed by atoms with van der Waals surface area (Å²) in [6.07, 6.45) is 3.31. The molecular formula is C12H19NO4. The Balaban J connectivity index is 1.71. The molecule has 0 aromatic rings. The van der Waals surface area contributed by atoms with Crippen LogP contribution in [-0.2, 0) is 9.59 Å². The van der Waals surface area contributed by atoms with Gasteiger partial charge in [-0.25, -0.2) is 0 Å². The topological polar surface area (TPSA) is 86.6 Å². The zero-order valence-corrected chi connectivity index (χ0v) is 9.76. The Labute approximate surface area is 100 Å². The van der Waals surface area contributed by atoms with Crippen LogP contribution in [0.5, 0.6) is 0 Å². The summed E-state index contributed by atoms with van der Waals surface area (Å²) in [5.41, 5.74) is 0. The smallest absolute Gasteiger partial charge is 0.306 e. The molecular weight excluding hydrogens is 222 g/mol. The van der Waals surface area contributed by atoms with E-state index in [0.29, 0.717) is 31.7 Å². The highest BCUT2D eigenvalue weighted by atomic mass is 16.4. The van der Waals surface area contributed by atoms with Crippen molar-refractivity contribution in [3.8, 4) is 0 Å². The average Bonchev–Trinajstić information content (AvgIpc) is 3.02. The first-order valence-electron chi connectivity index (χ1n) is 6.26. The third-order valence-corrected chi connectivity index (χ3v) is 3.80. The summed E-state index contributed by atoms with van der Waals surface area (Å²) < 4.78 is 0. The van der Waals surface area contributed by atoms with E-state index in [9.17, 15) is 14.7 Å². The Bertz CT molecular complexity index is 314. The largest absolute Gasteiger partial charge is 0.481 e. The Hall–Kier alpha value is -1.10. The van der Waals surface area contributed by atoms with Crippen molar-refractivity contribution in [2.75, 3.05) is 6.54 Å². The van der Waals surface area contributed by atoms with Gasteiger partial charge in [-0.15, -0.1) is 0 Å². The van der Waals surface area contributed by atoms with Gasteiger partial charge in [0.2, 0.25) is 5.91 Å². The Morgan fingerprint density at radius 1 is 1.18 bits per heavy atom. The number of aliphatic carboxylic acids is 1. The number of carbonyl (C=O) groups is 2. The van der Waals surface area contributed by atoms with Gasteiger partial charge in [0, 0.05) is 12.5 Å². The zero-order chi connectivity index (χ0) is 12.4. The Morgan fingerprint density at radius 2 is 1.82 bits per heavy atom. The number of carboxylic acids is 1. The number of nitrogens with one attached hydrogen (secondary N) is 1. The van der Waals surface area contributed by atoms with Gasteiger partial charge in [-0.3, -0.25) is 9.59 Å². The van der Waals surface area contributed by atoms with Gasteiger partial charge in [-0.2, -0.15) is 0 Å². The number of hydrogen-bond acceptors (Lipinski definition) is 3. The second-order valence-electron chi connectivity index (χ2n) is 5.20. The minimum absolute atomic E-state index is 0.103. The highest BCUT2D eigenvalue weighted by Crippen LogP contribution is 2.33. The number of hydrogen-bond donors (Lipinski definition) is 3. The maximum Gasteiger partial charge on any atom is 0.306 e. The molecule has 2 fully saturated rings. The molecule has 0 radical (unpaired) electrons. The summed E-state index contributed by atoms with van der Waals surface area (Å²) >= 11 is 0. The van der Waals surface area contributed by atoms with Crippen LogP contribution >= 0.6 is 0 Å².